The second kappa shape index (κ2) is 8.37. The van der Waals surface area contributed by atoms with Gasteiger partial charge in [0.2, 0.25) is 5.91 Å². The minimum atomic E-state index is -0.223. The molecule has 1 aliphatic rings. The predicted octanol–water partition coefficient (Wildman–Crippen LogP) is 0.973. The van der Waals surface area contributed by atoms with E-state index in [1.807, 2.05) is 0 Å². The van der Waals surface area contributed by atoms with Crippen molar-refractivity contribution in [3.8, 4) is 0 Å². The van der Waals surface area contributed by atoms with Crippen molar-refractivity contribution >= 4 is 17.2 Å². The van der Waals surface area contributed by atoms with Gasteiger partial charge in [0.25, 0.3) is 5.56 Å². The first kappa shape index (κ1) is 17.8. The van der Waals surface area contributed by atoms with Crippen molar-refractivity contribution in [1.29, 1.82) is 0 Å². The molecule has 0 aromatic carbocycles. The van der Waals surface area contributed by atoms with Crippen LogP contribution in [0.15, 0.2) is 28.4 Å². The fraction of sp³-hybridized carbons (Fsp3) is 0.471. The highest BCUT2D eigenvalue weighted by Crippen LogP contribution is 2.16. The van der Waals surface area contributed by atoms with Crippen LogP contribution in [0.3, 0.4) is 0 Å². The fourth-order valence-corrected chi connectivity index (χ4v) is 3.66. The molecule has 0 atom stereocenters. The zero-order valence-corrected chi connectivity index (χ0v) is 15.1. The number of hydrogen-bond acceptors (Lipinski definition) is 6. The molecule has 0 bridgehead atoms. The first-order valence-electron chi connectivity index (χ1n) is 8.25. The molecule has 0 aliphatic carbocycles. The lowest BCUT2D eigenvalue weighted by molar-refractivity contribution is -0.124. The highest BCUT2D eigenvalue weighted by atomic mass is 32.1. The smallest absolute Gasteiger partial charge is 0.253 e. The number of carbonyl (C=O) groups excluding carboxylic acids is 1. The number of aromatic nitrogens is 2. The number of rotatable bonds is 6. The van der Waals surface area contributed by atoms with E-state index < -0.39 is 0 Å². The average molecular weight is 362 g/mol. The quantitative estimate of drug-likeness (QED) is 0.829. The zero-order chi connectivity index (χ0) is 17.6. The molecule has 7 nitrogen and oxygen atoms in total. The van der Waals surface area contributed by atoms with Gasteiger partial charge in [0.1, 0.15) is 12.4 Å². The van der Waals surface area contributed by atoms with Crippen LogP contribution in [0.25, 0.3) is 0 Å². The van der Waals surface area contributed by atoms with E-state index >= 15 is 0 Å². The Morgan fingerprint density at radius 2 is 2.32 bits per heavy atom. The Bertz CT molecular complexity index is 773. The van der Waals surface area contributed by atoms with Gasteiger partial charge < -0.3 is 10.1 Å². The summed E-state index contributed by atoms with van der Waals surface area (Å²) in [5.74, 6) is 0.538. The van der Waals surface area contributed by atoms with Crippen molar-refractivity contribution in [3.63, 3.8) is 0 Å². The minimum Gasteiger partial charge on any atom is -0.375 e. The van der Waals surface area contributed by atoms with Crippen LogP contribution in [0.2, 0.25) is 0 Å². The summed E-state index contributed by atoms with van der Waals surface area (Å²) in [5.41, 5.74) is 0.526. The van der Waals surface area contributed by atoms with Crippen molar-refractivity contribution in [3.05, 3.63) is 50.3 Å². The Kier molecular flexibility index (Phi) is 5.95. The first-order valence-corrected chi connectivity index (χ1v) is 9.13. The molecule has 1 amide bonds. The third-order valence-corrected chi connectivity index (χ3v) is 4.92. The maximum absolute atomic E-state index is 12.4. The topological polar surface area (TPSA) is 76.5 Å². The fourth-order valence-electron chi connectivity index (χ4n) is 2.92. The molecule has 0 radical (unpaired) electrons. The van der Waals surface area contributed by atoms with Crippen LogP contribution in [0.4, 0.5) is 0 Å². The van der Waals surface area contributed by atoms with E-state index in [1.165, 1.54) is 18.1 Å². The molecule has 1 N–H and O–H groups in total. The molecule has 1 aliphatic heterocycles. The van der Waals surface area contributed by atoms with Crippen LogP contribution in [0.1, 0.15) is 22.8 Å². The molecule has 0 saturated carbocycles. The van der Waals surface area contributed by atoms with Gasteiger partial charge in [0, 0.05) is 37.7 Å². The Labute approximate surface area is 150 Å². The predicted molar refractivity (Wildman–Crippen MR) is 95.3 cm³/mol. The standard InChI is InChI=1S/C17H22N4O3S/c1-24-12-16(22)18-9-13-8-17(23)21-6-3-5-20(11-15(21)19-13)10-14-4-2-7-25-14/h2,4,7-8H,3,5-6,9-12H2,1H3,(H,18,22). The first-order chi connectivity index (χ1) is 12.2. The van der Waals surface area contributed by atoms with Crippen molar-refractivity contribution in [2.24, 2.45) is 0 Å². The summed E-state index contributed by atoms with van der Waals surface area (Å²) in [6, 6.07) is 5.68. The molecule has 8 heteroatoms. The summed E-state index contributed by atoms with van der Waals surface area (Å²) >= 11 is 1.74. The Morgan fingerprint density at radius 1 is 1.44 bits per heavy atom. The molecule has 0 unspecified atom stereocenters. The van der Waals surface area contributed by atoms with Crippen molar-refractivity contribution in [2.45, 2.75) is 32.6 Å². The summed E-state index contributed by atoms with van der Waals surface area (Å²) in [7, 11) is 1.47. The maximum atomic E-state index is 12.4. The molecule has 3 rings (SSSR count). The number of thiophene rings is 1. The average Bonchev–Trinajstić information content (AvgIpc) is 2.99. The third-order valence-electron chi connectivity index (χ3n) is 4.06. The molecule has 0 saturated heterocycles. The monoisotopic (exact) mass is 362 g/mol. The Balaban J connectivity index is 1.74. The van der Waals surface area contributed by atoms with Crippen LogP contribution in [0.5, 0.6) is 0 Å². The van der Waals surface area contributed by atoms with Gasteiger partial charge in [-0.1, -0.05) is 6.07 Å². The van der Waals surface area contributed by atoms with E-state index in [2.05, 4.69) is 32.7 Å². The van der Waals surface area contributed by atoms with Gasteiger partial charge in [-0.3, -0.25) is 19.1 Å². The second-order valence-corrected chi connectivity index (χ2v) is 7.04. The number of ether oxygens (including phenoxy) is 1. The van der Waals surface area contributed by atoms with Crippen molar-refractivity contribution in [1.82, 2.24) is 19.8 Å². The van der Waals surface area contributed by atoms with Gasteiger partial charge in [0.15, 0.2) is 0 Å². The Morgan fingerprint density at radius 3 is 3.08 bits per heavy atom. The molecule has 0 spiro atoms. The Hall–Kier alpha value is -2.03. The van der Waals surface area contributed by atoms with Gasteiger partial charge in [-0.15, -0.1) is 11.3 Å². The lowest BCUT2D eigenvalue weighted by Gasteiger charge is -2.19. The SMILES string of the molecule is COCC(=O)NCc1cc(=O)n2c(n1)CN(Cc1cccs1)CCC2. The van der Waals surface area contributed by atoms with Gasteiger partial charge in [-0.25, -0.2) is 4.98 Å². The van der Waals surface area contributed by atoms with Crippen LogP contribution < -0.4 is 10.9 Å². The summed E-state index contributed by atoms with van der Waals surface area (Å²) < 4.78 is 6.53. The van der Waals surface area contributed by atoms with Crippen LogP contribution in [-0.4, -0.2) is 40.6 Å². The van der Waals surface area contributed by atoms with E-state index in [1.54, 1.807) is 15.9 Å². The largest absolute Gasteiger partial charge is 0.375 e. The van der Waals surface area contributed by atoms with E-state index in [0.29, 0.717) is 18.8 Å². The summed E-state index contributed by atoms with van der Waals surface area (Å²) in [5, 5.41) is 4.78. The van der Waals surface area contributed by atoms with Crippen LogP contribution in [0, 0.1) is 0 Å². The van der Waals surface area contributed by atoms with Crippen LogP contribution >= 0.6 is 11.3 Å². The van der Waals surface area contributed by atoms with Gasteiger partial charge in [0.05, 0.1) is 18.8 Å². The van der Waals surface area contributed by atoms with E-state index in [4.69, 9.17) is 4.74 Å². The number of methoxy groups -OCH3 is 1. The summed E-state index contributed by atoms with van der Waals surface area (Å²) in [6.07, 6.45) is 0.921. The number of nitrogens with one attached hydrogen (secondary N) is 1. The molecule has 25 heavy (non-hydrogen) atoms. The van der Waals surface area contributed by atoms with E-state index in [-0.39, 0.29) is 24.6 Å². The zero-order valence-electron chi connectivity index (χ0n) is 14.2. The van der Waals surface area contributed by atoms with Gasteiger partial charge >= 0.3 is 0 Å². The molecule has 2 aromatic rings. The van der Waals surface area contributed by atoms with Crippen molar-refractivity contribution in [2.75, 3.05) is 20.3 Å². The number of nitrogens with zero attached hydrogens (tertiary/aromatic N) is 3. The molecule has 134 valence electrons. The maximum Gasteiger partial charge on any atom is 0.253 e. The second-order valence-electron chi connectivity index (χ2n) is 6.01. The van der Waals surface area contributed by atoms with Crippen molar-refractivity contribution < 1.29 is 9.53 Å². The highest BCUT2D eigenvalue weighted by molar-refractivity contribution is 7.09. The lowest BCUT2D eigenvalue weighted by Crippen LogP contribution is -2.31. The number of carbonyl (C=O) groups is 1. The van der Waals surface area contributed by atoms with Crippen LogP contribution in [-0.2, 0) is 35.7 Å². The minimum absolute atomic E-state index is 0.00147. The number of hydrogen-bond donors (Lipinski definition) is 1. The summed E-state index contributed by atoms with van der Waals surface area (Å²) in [6.45, 7) is 3.34. The van der Waals surface area contributed by atoms with Gasteiger partial charge in [-0.2, -0.15) is 0 Å². The van der Waals surface area contributed by atoms with E-state index in [9.17, 15) is 9.59 Å². The number of amides is 1. The summed E-state index contributed by atoms with van der Waals surface area (Å²) in [4.78, 5) is 32.2. The molecular formula is C17H22N4O3S. The highest BCUT2D eigenvalue weighted by Gasteiger charge is 2.18. The molecule has 2 aromatic heterocycles. The third kappa shape index (κ3) is 4.75. The van der Waals surface area contributed by atoms with Gasteiger partial charge in [-0.05, 0) is 17.9 Å². The molecule has 0 fully saturated rings. The normalized spacial score (nSPS) is 14.8. The number of fused-ring (bicyclic) bond motifs is 1. The van der Waals surface area contributed by atoms with E-state index in [0.717, 1.165) is 25.3 Å². The molecular weight excluding hydrogens is 340 g/mol. The lowest BCUT2D eigenvalue weighted by atomic mass is 10.3. The molecule has 3 heterocycles.